The van der Waals surface area contributed by atoms with E-state index in [4.69, 9.17) is 0 Å². The molecule has 1 aliphatic heterocycles. The van der Waals surface area contributed by atoms with Gasteiger partial charge in [0.25, 0.3) is 0 Å². The summed E-state index contributed by atoms with van der Waals surface area (Å²) >= 11 is 0. The van der Waals surface area contributed by atoms with E-state index in [-0.39, 0.29) is 0 Å². The van der Waals surface area contributed by atoms with Gasteiger partial charge >= 0.3 is 0 Å². The molecule has 1 aliphatic rings. The molecular formula is C15H26N4O2S. The predicted molar refractivity (Wildman–Crippen MR) is 89.5 cm³/mol. The number of anilines is 1. The van der Waals surface area contributed by atoms with E-state index in [0.717, 1.165) is 38.4 Å². The summed E-state index contributed by atoms with van der Waals surface area (Å²) in [6, 6.07) is 4.07. The van der Waals surface area contributed by atoms with Crippen LogP contribution in [-0.2, 0) is 10.0 Å². The maximum absolute atomic E-state index is 11.0. The molecule has 1 fully saturated rings. The fraction of sp³-hybridized carbons (Fsp3) is 0.667. The molecule has 2 heterocycles. The van der Waals surface area contributed by atoms with Crippen LogP contribution in [0.3, 0.4) is 0 Å². The summed E-state index contributed by atoms with van der Waals surface area (Å²) in [5.41, 5.74) is 1.17. The number of nitrogens with zero attached hydrogens (tertiary/aromatic N) is 2. The summed E-state index contributed by atoms with van der Waals surface area (Å²) in [4.78, 5) is 6.75. The summed E-state index contributed by atoms with van der Waals surface area (Å²) < 4.78 is 24.5. The Kier molecular flexibility index (Phi) is 6.16. The van der Waals surface area contributed by atoms with Crippen LogP contribution in [0.4, 0.5) is 5.82 Å². The molecule has 0 radical (unpaired) electrons. The largest absolute Gasteiger partial charge is 0.370 e. The number of likely N-dealkylation sites (tertiary alicyclic amines) is 1. The average molecular weight is 326 g/mol. The molecule has 0 saturated carbocycles. The molecule has 1 aromatic heterocycles. The third kappa shape index (κ3) is 6.29. The number of sulfonamides is 1. The SMILES string of the molecule is Cc1ccc(NC[C@@H]2CCN(CCCNS(C)(=O)=O)C2)nc1. The van der Waals surface area contributed by atoms with Crippen molar-refractivity contribution in [1.29, 1.82) is 0 Å². The molecule has 7 heteroatoms. The Balaban J connectivity index is 1.62. The summed E-state index contributed by atoms with van der Waals surface area (Å²) in [7, 11) is -3.06. The number of hydrogen-bond acceptors (Lipinski definition) is 5. The van der Waals surface area contributed by atoms with E-state index in [1.54, 1.807) is 0 Å². The highest BCUT2D eigenvalue weighted by molar-refractivity contribution is 7.88. The molecule has 0 unspecified atom stereocenters. The van der Waals surface area contributed by atoms with Gasteiger partial charge < -0.3 is 10.2 Å². The Hall–Kier alpha value is -1.18. The van der Waals surface area contributed by atoms with Crippen LogP contribution in [0.5, 0.6) is 0 Å². The number of hydrogen-bond donors (Lipinski definition) is 2. The van der Waals surface area contributed by atoms with Gasteiger partial charge in [0.1, 0.15) is 5.82 Å². The second-order valence-electron chi connectivity index (χ2n) is 6.08. The topological polar surface area (TPSA) is 74.3 Å². The highest BCUT2D eigenvalue weighted by Gasteiger charge is 2.21. The van der Waals surface area contributed by atoms with Crippen molar-refractivity contribution in [3.8, 4) is 0 Å². The smallest absolute Gasteiger partial charge is 0.208 e. The first-order valence-corrected chi connectivity index (χ1v) is 9.65. The first-order valence-electron chi connectivity index (χ1n) is 7.76. The summed E-state index contributed by atoms with van der Waals surface area (Å²) in [6.07, 6.45) is 5.10. The molecule has 2 rings (SSSR count). The van der Waals surface area contributed by atoms with Gasteiger partial charge in [-0.05, 0) is 50.4 Å². The number of nitrogens with one attached hydrogen (secondary N) is 2. The summed E-state index contributed by atoms with van der Waals surface area (Å²) in [6.45, 7) is 6.59. The molecule has 1 atom stereocenters. The van der Waals surface area contributed by atoms with Crippen LogP contribution in [0.2, 0.25) is 0 Å². The van der Waals surface area contributed by atoms with Crippen molar-refractivity contribution in [3.05, 3.63) is 23.9 Å². The van der Waals surface area contributed by atoms with Gasteiger partial charge in [0.2, 0.25) is 10.0 Å². The highest BCUT2D eigenvalue weighted by atomic mass is 32.2. The number of pyridine rings is 1. The lowest BCUT2D eigenvalue weighted by Gasteiger charge is -2.16. The molecule has 0 amide bonds. The van der Waals surface area contributed by atoms with E-state index in [9.17, 15) is 8.42 Å². The maximum atomic E-state index is 11.0. The van der Waals surface area contributed by atoms with Gasteiger partial charge in [-0.2, -0.15) is 0 Å². The second kappa shape index (κ2) is 7.89. The molecule has 6 nitrogen and oxygen atoms in total. The molecule has 2 N–H and O–H groups in total. The van der Waals surface area contributed by atoms with Crippen LogP contribution < -0.4 is 10.0 Å². The van der Waals surface area contributed by atoms with E-state index < -0.39 is 10.0 Å². The van der Waals surface area contributed by atoms with E-state index in [2.05, 4.69) is 26.0 Å². The van der Waals surface area contributed by atoms with Gasteiger partial charge in [-0.1, -0.05) is 6.07 Å². The molecule has 1 aromatic rings. The van der Waals surface area contributed by atoms with E-state index in [0.29, 0.717) is 12.5 Å². The molecule has 0 bridgehead atoms. The minimum absolute atomic E-state index is 0.519. The lowest BCUT2D eigenvalue weighted by atomic mass is 10.1. The van der Waals surface area contributed by atoms with Gasteiger partial charge in [0.05, 0.1) is 6.26 Å². The molecule has 0 aliphatic carbocycles. The van der Waals surface area contributed by atoms with Crippen molar-refractivity contribution in [2.24, 2.45) is 5.92 Å². The van der Waals surface area contributed by atoms with Crippen molar-refractivity contribution in [2.45, 2.75) is 19.8 Å². The van der Waals surface area contributed by atoms with E-state index in [1.807, 2.05) is 19.2 Å². The zero-order valence-electron chi connectivity index (χ0n) is 13.4. The van der Waals surface area contributed by atoms with Crippen molar-refractivity contribution >= 4 is 15.8 Å². The van der Waals surface area contributed by atoms with Crippen molar-refractivity contribution in [2.75, 3.05) is 44.3 Å². The average Bonchev–Trinajstić information content (AvgIpc) is 2.90. The minimum atomic E-state index is -3.06. The first-order chi connectivity index (χ1) is 10.4. The molecular weight excluding hydrogens is 300 g/mol. The predicted octanol–water partition coefficient (Wildman–Crippen LogP) is 1.06. The molecule has 22 heavy (non-hydrogen) atoms. The van der Waals surface area contributed by atoms with Crippen molar-refractivity contribution < 1.29 is 8.42 Å². The second-order valence-corrected chi connectivity index (χ2v) is 7.91. The minimum Gasteiger partial charge on any atom is -0.370 e. The fourth-order valence-electron chi connectivity index (χ4n) is 2.66. The Labute approximate surface area is 133 Å². The van der Waals surface area contributed by atoms with Crippen molar-refractivity contribution in [1.82, 2.24) is 14.6 Å². The van der Waals surface area contributed by atoms with Crippen molar-refractivity contribution in [3.63, 3.8) is 0 Å². The maximum Gasteiger partial charge on any atom is 0.208 e. The van der Waals surface area contributed by atoms with Crippen LogP contribution in [0.1, 0.15) is 18.4 Å². The van der Waals surface area contributed by atoms with Crippen LogP contribution in [0.15, 0.2) is 18.3 Å². The van der Waals surface area contributed by atoms with Crippen LogP contribution >= 0.6 is 0 Å². The zero-order chi connectivity index (χ0) is 16.0. The monoisotopic (exact) mass is 326 g/mol. The van der Waals surface area contributed by atoms with Crippen LogP contribution in [0.25, 0.3) is 0 Å². The van der Waals surface area contributed by atoms with Gasteiger partial charge in [0, 0.05) is 25.8 Å². The molecule has 124 valence electrons. The normalized spacial score (nSPS) is 19.5. The molecule has 0 spiro atoms. The Morgan fingerprint density at radius 1 is 1.41 bits per heavy atom. The molecule has 0 aromatic carbocycles. The Bertz CT molecular complexity index is 559. The summed E-state index contributed by atoms with van der Waals surface area (Å²) in [5, 5.41) is 3.39. The third-order valence-electron chi connectivity index (χ3n) is 3.87. The standard InChI is InChI=1S/C15H26N4O2S/c1-13-4-5-15(16-10-13)17-11-14-6-9-19(12-14)8-3-7-18-22(2,20)21/h4-5,10,14,18H,3,6-9,11-12H2,1-2H3,(H,16,17)/t14-/m0/s1. The van der Waals surface area contributed by atoms with Crippen LogP contribution in [-0.4, -0.2) is 57.3 Å². The highest BCUT2D eigenvalue weighted by Crippen LogP contribution is 2.17. The number of rotatable bonds is 8. The zero-order valence-corrected chi connectivity index (χ0v) is 14.2. The Morgan fingerprint density at radius 3 is 2.91 bits per heavy atom. The van der Waals surface area contributed by atoms with E-state index >= 15 is 0 Å². The number of aromatic nitrogens is 1. The molecule has 1 saturated heterocycles. The van der Waals surface area contributed by atoms with Crippen LogP contribution in [0, 0.1) is 12.8 Å². The van der Waals surface area contributed by atoms with Gasteiger partial charge in [0.15, 0.2) is 0 Å². The fourth-order valence-corrected chi connectivity index (χ4v) is 3.18. The van der Waals surface area contributed by atoms with Gasteiger partial charge in [-0.15, -0.1) is 0 Å². The lowest BCUT2D eigenvalue weighted by Crippen LogP contribution is -2.29. The number of aryl methyl sites for hydroxylation is 1. The van der Waals surface area contributed by atoms with Gasteiger partial charge in [-0.25, -0.2) is 18.1 Å². The lowest BCUT2D eigenvalue weighted by molar-refractivity contribution is 0.322. The summed E-state index contributed by atoms with van der Waals surface area (Å²) in [5.74, 6) is 1.56. The third-order valence-corrected chi connectivity index (χ3v) is 4.60. The quantitative estimate of drug-likeness (QED) is 0.699. The Morgan fingerprint density at radius 2 is 2.23 bits per heavy atom. The van der Waals surface area contributed by atoms with E-state index in [1.165, 1.54) is 18.2 Å². The van der Waals surface area contributed by atoms with Gasteiger partial charge in [-0.3, -0.25) is 0 Å². The first kappa shape index (κ1) is 17.2.